The Morgan fingerprint density at radius 3 is 2.59 bits per heavy atom. The Balaban J connectivity index is 1.50. The number of Topliss-reactive ketones (excluding diaryl/α,β-unsaturated/α-hetero) is 1. The molecule has 10 heteroatoms. The predicted octanol–water partition coefficient (Wildman–Crippen LogP) is 5.06. The quantitative estimate of drug-likeness (QED) is 0.271. The molecule has 1 aromatic carbocycles. The van der Waals surface area contributed by atoms with E-state index in [0.717, 1.165) is 17.1 Å². The zero-order valence-electron chi connectivity index (χ0n) is 17.6. The number of thioether (sulfide) groups is 1. The fourth-order valence-electron chi connectivity index (χ4n) is 3.49. The van der Waals surface area contributed by atoms with Gasteiger partial charge in [-0.15, -0.1) is 10.2 Å². The first kappa shape index (κ1) is 21.8. The molecule has 32 heavy (non-hydrogen) atoms. The smallest absolute Gasteiger partial charge is 0.387 e. The number of carbonyl (C=O) groups is 1. The van der Waals surface area contributed by atoms with Gasteiger partial charge < -0.3 is 18.3 Å². The van der Waals surface area contributed by atoms with Gasteiger partial charge in [-0.3, -0.25) is 4.79 Å². The number of hydrogen-bond donors (Lipinski definition) is 0. The highest BCUT2D eigenvalue weighted by Gasteiger charge is 2.19. The molecule has 0 aliphatic carbocycles. The van der Waals surface area contributed by atoms with Gasteiger partial charge >= 0.3 is 6.61 Å². The van der Waals surface area contributed by atoms with E-state index in [9.17, 15) is 13.6 Å². The Morgan fingerprint density at radius 1 is 1.19 bits per heavy atom. The summed E-state index contributed by atoms with van der Waals surface area (Å²) < 4.78 is 38.2. The molecule has 0 aliphatic rings. The molecular formula is C22H20F2N4O3S. The van der Waals surface area contributed by atoms with Crippen molar-refractivity contribution in [3.05, 3.63) is 65.7 Å². The normalized spacial score (nSPS) is 11.3. The summed E-state index contributed by atoms with van der Waals surface area (Å²) in [6, 6.07) is 11.7. The number of aromatic nitrogens is 4. The topological polar surface area (TPSA) is 75.1 Å². The molecule has 0 saturated carbocycles. The van der Waals surface area contributed by atoms with Crippen LogP contribution in [0.3, 0.4) is 0 Å². The number of furan rings is 1. The third-order valence-corrected chi connectivity index (χ3v) is 5.98. The van der Waals surface area contributed by atoms with Crippen LogP contribution in [0.15, 0.2) is 58.3 Å². The van der Waals surface area contributed by atoms with Crippen molar-refractivity contribution in [3.63, 3.8) is 0 Å². The highest BCUT2D eigenvalue weighted by atomic mass is 32.2. The van der Waals surface area contributed by atoms with E-state index in [1.807, 2.05) is 31.5 Å². The van der Waals surface area contributed by atoms with Crippen molar-refractivity contribution in [2.75, 3.05) is 5.75 Å². The zero-order chi connectivity index (χ0) is 22.8. The summed E-state index contributed by atoms with van der Waals surface area (Å²) in [7, 11) is 1.82. The van der Waals surface area contributed by atoms with Crippen molar-refractivity contribution in [3.8, 4) is 23.0 Å². The minimum atomic E-state index is -2.87. The molecule has 7 nitrogen and oxygen atoms in total. The molecule has 0 N–H and O–H groups in total. The number of halogens is 2. The molecule has 0 spiro atoms. The van der Waals surface area contributed by atoms with Crippen LogP contribution in [0.1, 0.15) is 21.7 Å². The van der Waals surface area contributed by atoms with E-state index in [1.165, 1.54) is 23.9 Å². The van der Waals surface area contributed by atoms with Crippen LogP contribution < -0.4 is 4.74 Å². The minimum absolute atomic E-state index is 0.0467. The molecule has 3 aromatic heterocycles. The molecule has 0 unspecified atom stereocenters. The number of benzene rings is 1. The van der Waals surface area contributed by atoms with Gasteiger partial charge in [0.2, 0.25) is 0 Å². The second-order valence-corrected chi connectivity index (χ2v) is 7.99. The molecule has 3 heterocycles. The molecule has 0 saturated heterocycles. The molecule has 0 atom stereocenters. The first-order chi connectivity index (χ1) is 15.3. The largest absolute Gasteiger partial charge is 0.461 e. The third-order valence-electron chi connectivity index (χ3n) is 4.96. The minimum Gasteiger partial charge on any atom is -0.461 e. The lowest BCUT2D eigenvalue weighted by molar-refractivity contribution is -0.0498. The number of ether oxygens (including phenoxy) is 1. The Hall–Kier alpha value is -3.40. The summed E-state index contributed by atoms with van der Waals surface area (Å²) in [5, 5.41) is 8.89. The van der Waals surface area contributed by atoms with Crippen LogP contribution in [-0.2, 0) is 7.05 Å². The van der Waals surface area contributed by atoms with Crippen LogP contribution in [-0.4, -0.2) is 37.5 Å². The number of aryl methyl sites for hydroxylation is 1. The highest BCUT2D eigenvalue weighted by molar-refractivity contribution is 7.99. The summed E-state index contributed by atoms with van der Waals surface area (Å²) in [5.41, 5.74) is 2.98. The highest BCUT2D eigenvalue weighted by Crippen LogP contribution is 2.27. The van der Waals surface area contributed by atoms with Crippen LogP contribution in [0.5, 0.6) is 5.75 Å². The van der Waals surface area contributed by atoms with E-state index in [0.29, 0.717) is 22.3 Å². The molecule has 0 radical (unpaired) electrons. The average molecular weight is 458 g/mol. The van der Waals surface area contributed by atoms with Crippen molar-refractivity contribution in [2.24, 2.45) is 7.05 Å². The van der Waals surface area contributed by atoms with Gasteiger partial charge in [0.25, 0.3) is 0 Å². The van der Waals surface area contributed by atoms with Gasteiger partial charge in [0.1, 0.15) is 5.75 Å². The van der Waals surface area contributed by atoms with Gasteiger partial charge in [0.15, 0.2) is 22.5 Å². The fourth-order valence-corrected chi connectivity index (χ4v) is 4.28. The van der Waals surface area contributed by atoms with Gasteiger partial charge in [0.05, 0.1) is 12.0 Å². The van der Waals surface area contributed by atoms with E-state index < -0.39 is 6.61 Å². The van der Waals surface area contributed by atoms with E-state index in [4.69, 9.17) is 4.42 Å². The average Bonchev–Trinajstić information content (AvgIpc) is 3.47. The van der Waals surface area contributed by atoms with E-state index >= 15 is 0 Å². The van der Waals surface area contributed by atoms with Gasteiger partial charge in [-0.2, -0.15) is 8.78 Å². The second kappa shape index (κ2) is 8.99. The first-order valence-corrected chi connectivity index (χ1v) is 10.7. The molecular weight excluding hydrogens is 438 g/mol. The molecule has 0 aliphatic heterocycles. The van der Waals surface area contributed by atoms with Crippen molar-refractivity contribution in [1.29, 1.82) is 0 Å². The lowest BCUT2D eigenvalue weighted by atomic mass is 10.2. The van der Waals surface area contributed by atoms with E-state index in [2.05, 4.69) is 14.9 Å². The zero-order valence-corrected chi connectivity index (χ0v) is 18.4. The fraction of sp³-hybridized carbons (Fsp3) is 0.227. The maximum Gasteiger partial charge on any atom is 0.387 e. The van der Waals surface area contributed by atoms with E-state index in [-0.39, 0.29) is 17.3 Å². The summed E-state index contributed by atoms with van der Waals surface area (Å²) >= 11 is 1.30. The van der Waals surface area contributed by atoms with Crippen molar-refractivity contribution >= 4 is 17.5 Å². The van der Waals surface area contributed by atoms with Gasteiger partial charge in [-0.25, -0.2) is 0 Å². The number of ketones is 1. The van der Waals surface area contributed by atoms with Crippen molar-refractivity contribution in [2.45, 2.75) is 25.6 Å². The van der Waals surface area contributed by atoms with Gasteiger partial charge in [-0.1, -0.05) is 11.8 Å². The molecule has 166 valence electrons. The molecule has 4 rings (SSSR count). The Labute approximate surface area is 187 Å². The van der Waals surface area contributed by atoms with Crippen LogP contribution in [0.2, 0.25) is 0 Å². The van der Waals surface area contributed by atoms with Crippen molar-refractivity contribution in [1.82, 2.24) is 19.3 Å². The lowest BCUT2D eigenvalue weighted by Gasteiger charge is -2.11. The molecule has 0 amide bonds. The van der Waals surface area contributed by atoms with Gasteiger partial charge in [0, 0.05) is 29.7 Å². The summed E-state index contributed by atoms with van der Waals surface area (Å²) in [4.78, 5) is 12.9. The lowest BCUT2D eigenvalue weighted by Crippen LogP contribution is -2.07. The number of carbonyl (C=O) groups excluding carboxylic acids is 1. The maximum atomic E-state index is 12.9. The maximum absolute atomic E-state index is 12.9. The monoisotopic (exact) mass is 458 g/mol. The Bertz CT molecular complexity index is 1230. The first-order valence-electron chi connectivity index (χ1n) is 9.68. The number of hydrogen-bond acceptors (Lipinski definition) is 6. The molecule has 0 fully saturated rings. The third kappa shape index (κ3) is 4.31. The molecule has 4 aromatic rings. The molecule has 0 bridgehead atoms. The SMILES string of the molecule is Cc1cc(C(=O)CSc2nnc(-c3ccco3)n2C)c(C)n1-c1ccc(OC(F)F)cc1. The van der Waals surface area contributed by atoms with E-state index in [1.54, 1.807) is 35.1 Å². The van der Waals surface area contributed by atoms with Crippen molar-refractivity contribution < 1.29 is 22.7 Å². The second-order valence-electron chi connectivity index (χ2n) is 7.05. The Kier molecular flexibility index (Phi) is 6.13. The van der Waals surface area contributed by atoms with Gasteiger partial charge in [-0.05, 0) is 56.3 Å². The summed E-state index contributed by atoms with van der Waals surface area (Å²) in [5.74, 6) is 1.41. The predicted molar refractivity (Wildman–Crippen MR) is 116 cm³/mol. The van der Waals surface area contributed by atoms with Crippen LogP contribution >= 0.6 is 11.8 Å². The van der Waals surface area contributed by atoms with Crippen LogP contribution in [0, 0.1) is 13.8 Å². The standard InChI is InChI=1S/C22H20F2N4O3S/c1-13-11-17(14(2)28(13)15-6-8-16(9-7-15)31-21(23)24)18(29)12-32-22-26-25-20(27(22)3)19-5-4-10-30-19/h4-11,21H,12H2,1-3H3. The van der Waals surface area contributed by atoms with Crippen LogP contribution in [0.4, 0.5) is 8.78 Å². The number of nitrogens with zero attached hydrogens (tertiary/aromatic N) is 4. The Morgan fingerprint density at radius 2 is 1.94 bits per heavy atom. The summed E-state index contributed by atoms with van der Waals surface area (Å²) in [6.07, 6.45) is 1.56. The number of rotatable bonds is 8. The number of alkyl halides is 2. The summed E-state index contributed by atoms with van der Waals surface area (Å²) in [6.45, 7) is 0.867. The van der Waals surface area contributed by atoms with Crippen LogP contribution in [0.25, 0.3) is 17.3 Å².